The fourth-order valence-electron chi connectivity index (χ4n) is 2.89. The van der Waals surface area contributed by atoms with Crippen LogP contribution in [0.25, 0.3) is 11.1 Å². The third kappa shape index (κ3) is 1.61. The van der Waals surface area contributed by atoms with E-state index < -0.39 is 0 Å². The zero-order valence-electron chi connectivity index (χ0n) is 11.2. The summed E-state index contributed by atoms with van der Waals surface area (Å²) in [7, 11) is 0. The van der Waals surface area contributed by atoms with Crippen LogP contribution in [0.1, 0.15) is 34.0 Å². The molecule has 1 aliphatic rings. The van der Waals surface area contributed by atoms with Crippen LogP contribution < -0.4 is 11.5 Å². The molecule has 0 saturated carbocycles. The average Bonchev–Trinajstić information content (AvgIpc) is 2.77. The lowest BCUT2D eigenvalue weighted by molar-refractivity contribution is 0.101. The van der Waals surface area contributed by atoms with E-state index in [9.17, 15) is 4.79 Å². The van der Waals surface area contributed by atoms with Crippen LogP contribution in [-0.2, 0) is 6.42 Å². The Hall–Kier alpha value is -2.62. The van der Waals surface area contributed by atoms with Crippen molar-refractivity contribution in [2.24, 2.45) is 5.73 Å². The van der Waals surface area contributed by atoms with Gasteiger partial charge in [-0.05, 0) is 35.2 Å². The summed E-state index contributed by atoms with van der Waals surface area (Å²) in [5.41, 5.74) is 17.3. The number of nitrogens with one attached hydrogen (secondary N) is 1. The number of carbonyl (C=O) groups excluding carboxylic acids is 1. The Bertz CT molecular complexity index is 763. The molecule has 0 radical (unpaired) electrons. The highest BCUT2D eigenvalue weighted by Gasteiger charge is 2.26. The Kier molecular flexibility index (Phi) is 2.61. The lowest BCUT2D eigenvalue weighted by atomic mass is 9.93. The topological polar surface area (TPSA) is 93.0 Å². The molecule has 2 aromatic carbocycles. The van der Waals surface area contributed by atoms with Gasteiger partial charge in [0.15, 0.2) is 5.78 Å². The summed E-state index contributed by atoms with van der Waals surface area (Å²) >= 11 is 0. The predicted octanol–water partition coefficient (Wildman–Crippen LogP) is 2.33. The number of nitrogens with two attached hydrogens (primary N) is 2. The van der Waals surface area contributed by atoms with Crippen molar-refractivity contribution in [3.8, 4) is 11.1 Å². The fraction of sp³-hybridized carbons (Fsp3) is 0.125. The van der Waals surface area contributed by atoms with Crippen LogP contribution in [0.5, 0.6) is 0 Å². The quantitative estimate of drug-likeness (QED) is 0.287. The molecule has 0 amide bonds. The second kappa shape index (κ2) is 4.20. The van der Waals surface area contributed by atoms with Crippen molar-refractivity contribution in [3.05, 3.63) is 52.6 Å². The first-order valence-electron chi connectivity index (χ1n) is 6.39. The molecule has 2 aromatic rings. The van der Waals surface area contributed by atoms with E-state index in [4.69, 9.17) is 16.9 Å². The predicted molar refractivity (Wildman–Crippen MR) is 80.1 cm³/mol. The minimum Gasteiger partial charge on any atom is -0.398 e. The summed E-state index contributed by atoms with van der Waals surface area (Å²) in [6.07, 6.45) is 0.718. The van der Waals surface area contributed by atoms with Gasteiger partial charge in [0, 0.05) is 17.7 Å². The first-order valence-corrected chi connectivity index (χ1v) is 6.39. The van der Waals surface area contributed by atoms with Gasteiger partial charge in [-0.2, -0.15) is 0 Å². The average molecular weight is 265 g/mol. The van der Waals surface area contributed by atoms with Crippen molar-refractivity contribution >= 4 is 17.3 Å². The van der Waals surface area contributed by atoms with E-state index in [-0.39, 0.29) is 11.6 Å². The van der Waals surface area contributed by atoms with Gasteiger partial charge >= 0.3 is 0 Å². The number of ketones is 1. The van der Waals surface area contributed by atoms with Crippen LogP contribution >= 0.6 is 0 Å². The van der Waals surface area contributed by atoms with E-state index in [1.165, 1.54) is 12.5 Å². The van der Waals surface area contributed by atoms with Crippen molar-refractivity contribution in [3.63, 3.8) is 0 Å². The van der Waals surface area contributed by atoms with E-state index in [2.05, 4.69) is 6.07 Å². The molecule has 4 nitrogen and oxygen atoms in total. The SMILES string of the molecule is CC(=O)c1c(C(=N)N)cc2c(c1N)Cc1ccccc1-2. The van der Waals surface area contributed by atoms with Crippen LogP contribution in [0, 0.1) is 5.41 Å². The first kappa shape index (κ1) is 12.4. The first-order chi connectivity index (χ1) is 9.50. The molecule has 0 bridgehead atoms. The Labute approximate surface area is 116 Å². The highest BCUT2D eigenvalue weighted by molar-refractivity contribution is 6.13. The third-order valence-corrected chi connectivity index (χ3v) is 3.79. The van der Waals surface area contributed by atoms with Crippen LogP contribution in [0.15, 0.2) is 30.3 Å². The van der Waals surface area contributed by atoms with Gasteiger partial charge in [-0.15, -0.1) is 0 Å². The molecule has 0 aliphatic heterocycles. The Morgan fingerprint density at radius 1 is 1.25 bits per heavy atom. The number of anilines is 1. The van der Waals surface area contributed by atoms with E-state index >= 15 is 0 Å². The molecule has 5 N–H and O–H groups in total. The van der Waals surface area contributed by atoms with Crippen molar-refractivity contribution < 1.29 is 4.79 Å². The molecule has 100 valence electrons. The van der Waals surface area contributed by atoms with Gasteiger partial charge in [0.05, 0.1) is 5.56 Å². The summed E-state index contributed by atoms with van der Waals surface area (Å²) in [5, 5.41) is 7.68. The van der Waals surface area contributed by atoms with Gasteiger partial charge in [-0.25, -0.2) is 0 Å². The Morgan fingerprint density at radius 3 is 2.60 bits per heavy atom. The molecule has 0 fully saturated rings. The molecule has 0 heterocycles. The second-order valence-corrected chi connectivity index (χ2v) is 5.04. The number of hydrogen-bond donors (Lipinski definition) is 3. The molecular weight excluding hydrogens is 250 g/mol. The summed E-state index contributed by atoms with van der Waals surface area (Å²) in [4.78, 5) is 11.8. The summed E-state index contributed by atoms with van der Waals surface area (Å²) in [6, 6.07) is 9.85. The number of fused-ring (bicyclic) bond motifs is 3. The number of benzene rings is 2. The van der Waals surface area contributed by atoms with E-state index in [0.29, 0.717) is 16.8 Å². The number of rotatable bonds is 2. The Balaban J connectivity index is 2.36. The van der Waals surface area contributed by atoms with E-state index in [1.54, 1.807) is 0 Å². The summed E-state index contributed by atoms with van der Waals surface area (Å²) < 4.78 is 0. The van der Waals surface area contributed by atoms with Crippen LogP contribution in [0.4, 0.5) is 5.69 Å². The molecule has 0 spiro atoms. The molecule has 0 aromatic heterocycles. The second-order valence-electron chi connectivity index (χ2n) is 5.04. The van der Waals surface area contributed by atoms with E-state index in [1.807, 2.05) is 24.3 Å². The fourth-order valence-corrected chi connectivity index (χ4v) is 2.89. The van der Waals surface area contributed by atoms with Gasteiger partial charge < -0.3 is 11.5 Å². The van der Waals surface area contributed by atoms with E-state index in [0.717, 1.165) is 23.1 Å². The molecule has 4 heteroatoms. The number of hydrogen-bond acceptors (Lipinski definition) is 3. The van der Waals surface area contributed by atoms with Gasteiger partial charge in [-0.3, -0.25) is 10.2 Å². The number of carbonyl (C=O) groups is 1. The number of Topliss-reactive ketones (excluding diaryl/α,β-unsaturated/α-hetero) is 1. The molecule has 0 saturated heterocycles. The molecule has 0 unspecified atom stereocenters. The van der Waals surface area contributed by atoms with Crippen molar-refractivity contribution in [1.82, 2.24) is 0 Å². The van der Waals surface area contributed by atoms with Crippen LogP contribution in [-0.4, -0.2) is 11.6 Å². The van der Waals surface area contributed by atoms with Gasteiger partial charge in [0.25, 0.3) is 0 Å². The third-order valence-electron chi connectivity index (χ3n) is 3.79. The summed E-state index contributed by atoms with van der Waals surface area (Å²) in [6.45, 7) is 1.45. The van der Waals surface area contributed by atoms with Crippen molar-refractivity contribution in [2.45, 2.75) is 13.3 Å². The molecule has 0 atom stereocenters. The zero-order valence-corrected chi connectivity index (χ0v) is 11.2. The number of amidine groups is 1. The minimum absolute atomic E-state index is 0.130. The largest absolute Gasteiger partial charge is 0.398 e. The maximum Gasteiger partial charge on any atom is 0.162 e. The molecule has 3 rings (SSSR count). The van der Waals surface area contributed by atoms with Crippen molar-refractivity contribution in [2.75, 3.05) is 5.73 Å². The van der Waals surface area contributed by atoms with Gasteiger partial charge in [-0.1, -0.05) is 24.3 Å². The maximum absolute atomic E-state index is 11.8. The van der Waals surface area contributed by atoms with Crippen LogP contribution in [0.2, 0.25) is 0 Å². The summed E-state index contributed by atoms with van der Waals surface area (Å²) in [5.74, 6) is -0.291. The van der Waals surface area contributed by atoms with Gasteiger partial charge in [0.1, 0.15) is 5.84 Å². The maximum atomic E-state index is 11.8. The highest BCUT2D eigenvalue weighted by atomic mass is 16.1. The smallest absolute Gasteiger partial charge is 0.162 e. The normalized spacial score (nSPS) is 11.8. The lowest BCUT2D eigenvalue weighted by Gasteiger charge is -2.14. The molecule has 1 aliphatic carbocycles. The minimum atomic E-state index is -0.161. The Morgan fingerprint density at radius 2 is 1.95 bits per heavy atom. The van der Waals surface area contributed by atoms with Gasteiger partial charge in [0.2, 0.25) is 0 Å². The number of nitrogen functional groups attached to an aromatic ring is 2. The zero-order chi connectivity index (χ0) is 14.4. The van der Waals surface area contributed by atoms with Crippen LogP contribution in [0.3, 0.4) is 0 Å². The standard InChI is InChI=1S/C16H15N3O/c1-8(20)14-13(16(18)19)7-11-10-5-3-2-4-9(10)6-12(11)15(14)17/h2-5,7H,6,17H2,1H3,(H3,18,19). The van der Waals surface area contributed by atoms with Crippen molar-refractivity contribution in [1.29, 1.82) is 5.41 Å². The monoisotopic (exact) mass is 265 g/mol. The molecular formula is C16H15N3O. The lowest BCUT2D eigenvalue weighted by Crippen LogP contribution is -2.18. The highest BCUT2D eigenvalue weighted by Crippen LogP contribution is 2.41. The molecule has 20 heavy (non-hydrogen) atoms.